The van der Waals surface area contributed by atoms with Crippen molar-refractivity contribution in [3.63, 3.8) is 0 Å². The van der Waals surface area contributed by atoms with Crippen LogP contribution in [-0.2, 0) is 6.42 Å². The van der Waals surface area contributed by atoms with E-state index in [1.54, 1.807) is 0 Å². The molecule has 8 heteroatoms. The Hall–Kier alpha value is -3.42. The van der Waals surface area contributed by atoms with Crippen molar-refractivity contribution >= 4 is 23.4 Å². The Morgan fingerprint density at radius 1 is 1.23 bits per heavy atom. The van der Waals surface area contributed by atoms with Crippen molar-refractivity contribution in [1.29, 1.82) is 0 Å². The van der Waals surface area contributed by atoms with E-state index >= 15 is 0 Å². The molecule has 4 aromatic rings. The first-order valence-electron chi connectivity index (χ1n) is 10.5. The lowest BCUT2D eigenvalue weighted by Gasteiger charge is -2.18. The third-order valence-electron chi connectivity index (χ3n) is 5.50. The Labute approximate surface area is 175 Å². The highest BCUT2D eigenvalue weighted by molar-refractivity contribution is 5.57. The largest absolute Gasteiger partial charge is 0.340 e. The Bertz CT molecular complexity index is 1130. The number of hydrogen-bond acceptors (Lipinski definition) is 6. The molecule has 0 aromatic carbocycles. The van der Waals surface area contributed by atoms with Crippen molar-refractivity contribution in [3.8, 4) is 0 Å². The van der Waals surface area contributed by atoms with Crippen LogP contribution in [0.4, 0.5) is 17.7 Å². The molecule has 2 N–H and O–H groups in total. The first kappa shape index (κ1) is 18.6. The molecule has 4 aromatic heterocycles. The normalized spacial score (nSPS) is 16.6. The molecule has 1 saturated heterocycles. The minimum absolute atomic E-state index is 0.451. The summed E-state index contributed by atoms with van der Waals surface area (Å²) in [7, 11) is 0. The summed E-state index contributed by atoms with van der Waals surface area (Å²) in [6.45, 7) is 6.21. The molecule has 0 bridgehead atoms. The highest BCUT2D eigenvalue weighted by atomic mass is 15.3. The zero-order valence-electron chi connectivity index (χ0n) is 17.3. The molecule has 1 aliphatic heterocycles. The summed E-state index contributed by atoms with van der Waals surface area (Å²) in [4.78, 5) is 16.2. The van der Waals surface area contributed by atoms with Crippen molar-refractivity contribution in [2.75, 3.05) is 23.3 Å². The predicted octanol–water partition coefficient (Wildman–Crippen LogP) is 3.78. The van der Waals surface area contributed by atoms with Crippen LogP contribution in [0.15, 0.2) is 48.9 Å². The molecule has 0 radical (unpaired) electrons. The van der Waals surface area contributed by atoms with Gasteiger partial charge in [0.15, 0.2) is 5.82 Å². The SMILES string of the molecule is CC(C)Cc1cc(Nc2nc(N3CCC(c4cccnc4)C3)nc3cccn23)n[nH]1. The number of rotatable bonds is 6. The number of aromatic amines is 1. The van der Waals surface area contributed by atoms with Crippen molar-refractivity contribution in [3.05, 3.63) is 60.2 Å². The van der Waals surface area contributed by atoms with E-state index in [0.717, 1.165) is 49.0 Å². The molecule has 30 heavy (non-hydrogen) atoms. The van der Waals surface area contributed by atoms with E-state index in [0.29, 0.717) is 17.8 Å². The number of nitrogens with one attached hydrogen (secondary N) is 2. The van der Waals surface area contributed by atoms with E-state index in [2.05, 4.69) is 45.3 Å². The lowest BCUT2D eigenvalue weighted by atomic mass is 10.0. The molecular weight excluding hydrogens is 376 g/mol. The van der Waals surface area contributed by atoms with E-state index in [-0.39, 0.29) is 0 Å². The molecule has 5 heterocycles. The van der Waals surface area contributed by atoms with Gasteiger partial charge in [-0.25, -0.2) is 0 Å². The van der Waals surface area contributed by atoms with Crippen LogP contribution in [0, 0.1) is 5.92 Å². The molecule has 154 valence electrons. The number of anilines is 3. The van der Waals surface area contributed by atoms with Gasteiger partial charge in [-0.1, -0.05) is 19.9 Å². The molecule has 0 amide bonds. The summed E-state index contributed by atoms with van der Waals surface area (Å²) < 4.78 is 1.95. The summed E-state index contributed by atoms with van der Waals surface area (Å²) in [6.07, 6.45) is 7.78. The van der Waals surface area contributed by atoms with Crippen molar-refractivity contribution in [1.82, 2.24) is 29.5 Å². The first-order chi connectivity index (χ1) is 14.7. The number of aromatic nitrogens is 6. The van der Waals surface area contributed by atoms with Gasteiger partial charge < -0.3 is 10.2 Å². The minimum Gasteiger partial charge on any atom is -0.340 e. The second-order valence-electron chi connectivity index (χ2n) is 8.30. The molecule has 0 spiro atoms. The van der Waals surface area contributed by atoms with Gasteiger partial charge in [-0.05, 0) is 42.5 Å². The van der Waals surface area contributed by atoms with Crippen molar-refractivity contribution in [2.45, 2.75) is 32.6 Å². The quantitative estimate of drug-likeness (QED) is 0.510. The van der Waals surface area contributed by atoms with Crippen molar-refractivity contribution < 1.29 is 0 Å². The fourth-order valence-corrected chi connectivity index (χ4v) is 4.06. The van der Waals surface area contributed by atoms with Crippen LogP contribution >= 0.6 is 0 Å². The summed E-state index contributed by atoms with van der Waals surface area (Å²) in [5.41, 5.74) is 3.26. The monoisotopic (exact) mass is 402 g/mol. The highest BCUT2D eigenvalue weighted by Gasteiger charge is 2.26. The van der Waals surface area contributed by atoms with Gasteiger partial charge in [-0.15, -0.1) is 0 Å². The lowest BCUT2D eigenvalue weighted by molar-refractivity contribution is 0.633. The Morgan fingerprint density at radius 3 is 3.00 bits per heavy atom. The molecule has 0 aliphatic carbocycles. The van der Waals surface area contributed by atoms with E-state index < -0.39 is 0 Å². The van der Waals surface area contributed by atoms with Crippen LogP contribution in [0.25, 0.3) is 5.65 Å². The summed E-state index contributed by atoms with van der Waals surface area (Å²) >= 11 is 0. The van der Waals surface area contributed by atoms with Gasteiger partial charge in [-0.3, -0.25) is 14.5 Å². The van der Waals surface area contributed by atoms with E-state index in [4.69, 9.17) is 9.97 Å². The van der Waals surface area contributed by atoms with Gasteiger partial charge in [0.25, 0.3) is 0 Å². The Balaban J connectivity index is 1.40. The van der Waals surface area contributed by atoms with Gasteiger partial charge in [-0.2, -0.15) is 15.1 Å². The average molecular weight is 403 g/mol. The Kier molecular flexibility index (Phi) is 4.82. The maximum absolute atomic E-state index is 4.85. The van der Waals surface area contributed by atoms with Gasteiger partial charge in [0, 0.05) is 49.4 Å². The van der Waals surface area contributed by atoms with Crippen LogP contribution in [0.1, 0.15) is 37.4 Å². The smallest absolute Gasteiger partial charge is 0.230 e. The zero-order chi connectivity index (χ0) is 20.5. The van der Waals surface area contributed by atoms with E-state index in [9.17, 15) is 0 Å². The Morgan fingerprint density at radius 2 is 2.17 bits per heavy atom. The third-order valence-corrected chi connectivity index (χ3v) is 5.50. The van der Waals surface area contributed by atoms with E-state index in [1.807, 2.05) is 47.3 Å². The van der Waals surface area contributed by atoms with Gasteiger partial charge in [0.05, 0.1) is 0 Å². The predicted molar refractivity (Wildman–Crippen MR) is 117 cm³/mol. The molecular formula is C22H26N8. The first-order valence-corrected chi connectivity index (χ1v) is 10.5. The van der Waals surface area contributed by atoms with Crippen LogP contribution in [-0.4, -0.2) is 42.6 Å². The van der Waals surface area contributed by atoms with Gasteiger partial charge in [0.2, 0.25) is 11.9 Å². The van der Waals surface area contributed by atoms with Crippen LogP contribution in [0.5, 0.6) is 0 Å². The number of pyridine rings is 1. The van der Waals surface area contributed by atoms with Crippen molar-refractivity contribution in [2.24, 2.45) is 5.92 Å². The minimum atomic E-state index is 0.451. The molecule has 5 rings (SSSR count). The fourth-order valence-electron chi connectivity index (χ4n) is 4.06. The standard InChI is InChI=1S/C22H26N8/c1-15(2)11-18-12-19(28-27-18)24-22-26-21(25-20-6-4-9-30(20)22)29-10-7-17(14-29)16-5-3-8-23-13-16/h3-6,8-9,12-13,15,17H,7,10-11,14H2,1-2H3,(H2,24,25,26,27,28). The second kappa shape index (κ2) is 7.78. The lowest BCUT2D eigenvalue weighted by Crippen LogP contribution is -2.23. The maximum atomic E-state index is 4.85. The molecule has 0 saturated carbocycles. The van der Waals surface area contributed by atoms with Crippen LogP contribution in [0.2, 0.25) is 0 Å². The summed E-state index contributed by atoms with van der Waals surface area (Å²) in [5.74, 6) is 3.25. The number of fused-ring (bicyclic) bond motifs is 1. The summed E-state index contributed by atoms with van der Waals surface area (Å²) in [6, 6.07) is 10.2. The van der Waals surface area contributed by atoms with Gasteiger partial charge >= 0.3 is 0 Å². The van der Waals surface area contributed by atoms with Crippen LogP contribution < -0.4 is 10.2 Å². The summed E-state index contributed by atoms with van der Waals surface area (Å²) in [5, 5.41) is 10.9. The second-order valence-corrected chi connectivity index (χ2v) is 8.30. The molecule has 1 aliphatic rings. The topological polar surface area (TPSA) is 87.0 Å². The highest BCUT2D eigenvalue weighted by Crippen LogP contribution is 2.30. The molecule has 1 unspecified atom stereocenters. The number of hydrogen-bond donors (Lipinski definition) is 2. The maximum Gasteiger partial charge on any atom is 0.230 e. The number of nitrogens with zero attached hydrogens (tertiary/aromatic N) is 6. The molecule has 1 fully saturated rings. The fraction of sp³-hybridized carbons (Fsp3) is 0.364. The third kappa shape index (κ3) is 3.72. The zero-order valence-corrected chi connectivity index (χ0v) is 17.3. The van der Waals surface area contributed by atoms with Crippen LogP contribution in [0.3, 0.4) is 0 Å². The van der Waals surface area contributed by atoms with E-state index in [1.165, 1.54) is 5.56 Å². The van der Waals surface area contributed by atoms with Gasteiger partial charge in [0.1, 0.15) is 5.65 Å². The average Bonchev–Trinajstić information content (AvgIpc) is 3.49. The molecule has 1 atom stereocenters. The molecule has 8 nitrogen and oxygen atoms in total. The number of H-pyrrole nitrogens is 1.